The topological polar surface area (TPSA) is 44.5 Å². The minimum Gasteiger partial charge on any atom is -0.496 e. The smallest absolute Gasteiger partial charge is 0.130 e. The summed E-state index contributed by atoms with van der Waals surface area (Å²) in [5, 5.41) is 0. The van der Waals surface area contributed by atoms with Gasteiger partial charge in [0.2, 0.25) is 0 Å². The Morgan fingerprint density at radius 3 is 1.84 bits per heavy atom. The molecular weight excluding hydrogens is 238 g/mol. The molecule has 0 aliphatic rings. The van der Waals surface area contributed by atoms with Crippen LogP contribution in [0.2, 0.25) is 0 Å². The van der Waals surface area contributed by atoms with Crippen molar-refractivity contribution in [1.82, 2.24) is 0 Å². The van der Waals surface area contributed by atoms with Gasteiger partial charge in [-0.05, 0) is 30.2 Å². The summed E-state index contributed by atoms with van der Waals surface area (Å²) in [6.45, 7) is 1.97. The molecule has 0 amide bonds. The summed E-state index contributed by atoms with van der Waals surface area (Å²) in [5.41, 5.74) is 8.99. The fourth-order valence-corrected chi connectivity index (χ4v) is 2.09. The Morgan fingerprint density at radius 1 is 0.895 bits per heavy atom. The molecule has 3 nitrogen and oxygen atoms in total. The van der Waals surface area contributed by atoms with Gasteiger partial charge in [0.1, 0.15) is 11.5 Å². The number of rotatable bonds is 4. The van der Waals surface area contributed by atoms with E-state index in [-0.39, 0.29) is 6.04 Å². The van der Waals surface area contributed by atoms with Crippen LogP contribution in [0.15, 0.2) is 42.5 Å². The fourth-order valence-electron chi connectivity index (χ4n) is 2.09. The molecule has 0 saturated heterocycles. The average Bonchev–Trinajstić information content (AvgIpc) is 2.46. The van der Waals surface area contributed by atoms with Gasteiger partial charge in [-0.25, -0.2) is 0 Å². The van der Waals surface area contributed by atoms with Gasteiger partial charge in [-0.15, -0.1) is 0 Å². The lowest BCUT2D eigenvalue weighted by Crippen LogP contribution is -2.04. The van der Waals surface area contributed by atoms with E-state index in [9.17, 15) is 0 Å². The third-order valence-electron chi connectivity index (χ3n) is 3.15. The predicted octanol–water partition coefficient (Wildman–Crippen LogP) is 3.39. The van der Waals surface area contributed by atoms with Crippen molar-refractivity contribution in [2.24, 2.45) is 5.73 Å². The Kier molecular flexibility index (Phi) is 4.07. The first-order valence-corrected chi connectivity index (χ1v) is 6.24. The maximum absolute atomic E-state index is 5.87. The van der Waals surface area contributed by atoms with Crippen LogP contribution in [0.3, 0.4) is 0 Å². The SMILES string of the molecule is COc1cccc(OC)c1-c1ccc(C(C)N)cc1. The van der Waals surface area contributed by atoms with Gasteiger partial charge in [0.05, 0.1) is 19.8 Å². The zero-order valence-electron chi connectivity index (χ0n) is 11.5. The van der Waals surface area contributed by atoms with Crippen LogP contribution in [0.25, 0.3) is 11.1 Å². The quantitative estimate of drug-likeness (QED) is 0.913. The first-order valence-electron chi connectivity index (χ1n) is 6.24. The Hall–Kier alpha value is -2.00. The number of methoxy groups -OCH3 is 2. The van der Waals surface area contributed by atoms with Crippen LogP contribution < -0.4 is 15.2 Å². The molecule has 0 bridgehead atoms. The van der Waals surface area contributed by atoms with Crippen molar-refractivity contribution >= 4 is 0 Å². The zero-order chi connectivity index (χ0) is 13.8. The van der Waals surface area contributed by atoms with E-state index in [1.54, 1.807) is 14.2 Å². The lowest BCUT2D eigenvalue weighted by molar-refractivity contribution is 0.397. The van der Waals surface area contributed by atoms with Crippen LogP contribution in [-0.2, 0) is 0 Å². The van der Waals surface area contributed by atoms with Gasteiger partial charge < -0.3 is 15.2 Å². The monoisotopic (exact) mass is 257 g/mol. The molecule has 1 unspecified atom stereocenters. The van der Waals surface area contributed by atoms with E-state index in [0.29, 0.717) is 0 Å². The molecule has 1 atom stereocenters. The summed E-state index contributed by atoms with van der Waals surface area (Å²) >= 11 is 0. The van der Waals surface area contributed by atoms with E-state index in [1.807, 2.05) is 49.4 Å². The lowest BCUT2D eigenvalue weighted by atomic mass is 10.00. The summed E-state index contributed by atoms with van der Waals surface area (Å²) < 4.78 is 10.8. The summed E-state index contributed by atoms with van der Waals surface area (Å²) in [5.74, 6) is 1.60. The highest BCUT2D eigenvalue weighted by molar-refractivity contribution is 5.77. The molecule has 3 heteroatoms. The van der Waals surface area contributed by atoms with Gasteiger partial charge in [0.15, 0.2) is 0 Å². The normalized spacial score (nSPS) is 12.0. The summed E-state index contributed by atoms with van der Waals surface area (Å²) in [6, 6.07) is 14.0. The summed E-state index contributed by atoms with van der Waals surface area (Å²) in [7, 11) is 3.32. The molecule has 100 valence electrons. The van der Waals surface area contributed by atoms with Crippen LogP contribution in [-0.4, -0.2) is 14.2 Å². The molecular formula is C16H19NO2. The van der Waals surface area contributed by atoms with Crippen molar-refractivity contribution in [3.05, 3.63) is 48.0 Å². The van der Waals surface area contributed by atoms with Crippen LogP contribution >= 0.6 is 0 Å². The highest BCUT2D eigenvalue weighted by atomic mass is 16.5. The number of ether oxygens (including phenoxy) is 2. The molecule has 0 spiro atoms. The molecule has 0 aromatic heterocycles. The second kappa shape index (κ2) is 5.76. The van der Waals surface area contributed by atoms with Crippen molar-refractivity contribution < 1.29 is 9.47 Å². The molecule has 2 N–H and O–H groups in total. The van der Waals surface area contributed by atoms with E-state index < -0.39 is 0 Å². The first-order chi connectivity index (χ1) is 9.17. The third-order valence-corrected chi connectivity index (χ3v) is 3.15. The van der Waals surface area contributed by atoms with Gasteiger partial charge in [0.25, 0.3) is 0 Å². The minimum atomic E-state index is 0.0358. The minimum absolute atomic E-state index is 0.0358. The van der Waals surface area contributed by atoms with Gasteiger partial charge in [-0.3, -0.25) is 0 Å². The van der Waals surface area contributed by atoms with Crippen molar-refractivity contribution in [1.29, 1.82) is 0 Å². The van der Waals surface area contributed by atoms with Crippen molar-refractivity contribution in [3.63, 3.8) is 0 Å². The van der Waals surface area contributed by atoms with Crippen molar-refractivity contribution in [3.8, 4) is 22.6 Å². The average molecular weight is 257 g/mol. The van der Waals surface area contributed by atoms with E-state index in [4.69, 9.17) is 15.2 Å². The highest BCUT2D eigenvalue weighted by Crippen LogP contribution is 2.38. The summed E-state index contributed by atoms with van der Waals surface area (Å²) in [6.07, 6.45) is 0. The van der Waals surface area contributed by atoms with E-state index in [0.717, 1.165) is 28.2 Å². The van der Waals surface area contributed by atoms with Crippen LogP contribution in [0, 0.1) is 0 Å². The second-order valence-electron chi connectivity index (χ2n) is 4.45. The lowest BCUT2D eigenvalue weighted by Gasteiger charge is -2.14. The maximum atomic E-state index is 5.87. The molecule has 0 aliphatic carbocycles. The number of benzene rings is 2. The molecule has 0 fully saturated rings. The largest absolute Gasteiger partial charge is 0.496 e. The Balaban J connectivity index is 2.51. The Bertz CT molecular complexity index is 525. The Morgan fingerprint density at radius 2 is 1.42 bits per heavy atom. The standard InChI is InChI=1S/C16H19NO2/c1-11(17)12-7-9-13(10-8-12)16-14(18-2)5-4-6-15(16)19-3/h4-11H,17H2,1-3H3. The van der Waals surface area contributed by atoms with Crippen LogP contribution in [0.4, 0.5) is 0 Å². The van der Waals surface area contributed by atoms with E-state index in [2.05, 4.69) is 0 Å². The molecule has 19 heavy (non-hydrogen) atoms. The predicted molar refractivity (Wildman–Crippen MR) is 77.6 cm³/mol. The fraction of sp³-hybridized carbons (Fsp3) is 0.250. The molecule has 2 aromatic carbocycles. The van der Waals surface area contributed by atoms with Gasteiger partial charge in [0, 0.05) is 6.04 Å². The molecule has 0 aliphatic heterocycles. The van der Waals surface area contributed by atoms with Gasteiger partial charge >= 0.3 is 0 Å². The van der Waals surface area contributed by atoms with Crippen molar-refractivity contribution in [2.75, 3.05) is 14.2 Å². The zero-order valence-corrected chi connectivity index (χ0v) is 11.5. The third kappa shape index (κ3) is 2.71. The number of nitrogens with two attached hydrogens (primary N) is 1. The van der Waals surface area contributed by atoms with Crippen LogP contribution in [0.1, 0.15) is 18.5 Å². The maximum Gasteiger partial charge on any atom is 0.130 e. The van der Waals surface area contributed by atoms with E-state index >= 15 is 0 Å². The highest BCUT2D eigenvalue weighted by Gasteiger charge is 2.12. The molecule has 2 rings (SSSR count). The Labute approximate surface area is 114 Å². The second-order valence-corrected chi connectivity index (χ2v) is 4.45. The van der Waals surface area contributed by atoms with Gasteiger partial charge in [-0.1, -0.05) is 30.3 Å². The molecule has 2 aromatic rings. The van der Waals surface area contributed by atoms with Crippen LogP contribution in [0.5, 0.6) is 11.5 Å². The first kappa shape index (κ1) is 13.4. The number of hydrogen-bond acceptors (Lipinski definition) is 3. The molecule has 0 heterocycles. The van der Waals surface area contributed by atoms with E-state index in [1.165, 1.54) is 0 Å². The summed E-state index contributed by atoms with van der Waals surface area (Å²) in [4.78, 5) is 0. The van der Waals surface area contributed by atoms with Gasteiger partial charge in [-0.2, -0.15) is 0 Å². The number of hydrogen-bond donors (Lipinski definition) is 1. The van der Waals surface area contributed by atoms with Crippen molar-refractivity contribution in [2.45, 2.75) is 13.0 Å². The molecule has 0 saturated carbocycles. The molecule has 0 radical (unpaired) electrons.